The van der Waals surface area contributed by atoms with Gasteiger partial charge in [-0.05, 0) is 12.1 Å². The molecule has 2 rings (SSSR count). The van der Waals surface area contributed by atoms with Crippen LogP contribution in [0.25, 0.3) is 0 Å². The molecule has 0 aliphatic carbocycles. The smallest absolute Gasteiger partial charge is 0.325 e. The molecule has 8 nitrogen and oxygen atoms in total. The molecule has 0 aliphatic heterocycles. The second kappa shape index (κ2) is 6.63. The van der Waals surface area contributed by atoms with E-state index in [4.69, 9.17) is 33.0 Å². The number of aromatic nitrogens is 3. The molecule has 0 saturated carbocycles. The minimum Gasteiger partial charge on any atom is -0.494 e. The standard InChI is InChI=1S/C12H10Cl2N4O4/c1-22-11-7(14)3-2-6(13)10(11)12(21)15-8-4-18(17-16-8)5-9(19)20/h2-4H,5H2,1H3,(H,15,21)(H,19,20). The van der Waals surface area contributed by atoms with Crippen molar-refractivity contribution in [2.24, 2.45) is 0 Å². The Balaban J connectivity index is 2.24. The average molecular weight is 345 g/mol. The number of carboxylic acid groups (broad SMARTS) is 1. The first kappa shape index (κ1) is 16.1. The number of anilines is 1. The maximum absolute atomic E-state index is 12.3. The molecule has 22 heavy (non-hydrogen) atoms. The minimum absolute atomic E-state index is 0.0458. The van der Waals surface area contributed by atoms with Gasteiger partial charge in [-0.15, -0.1) is 5.10 Å². The predicted molar refractivity (Wildman–Crippen MR) is 78.6 cm³/mol. The van der Waals surface area contributed by atoms with Crippen LogP contribution in [0, 0.1) is 0 Å². The van der Waals surface area contributed by atoms with E-state index in [1.807, 2.05) is 0 Å². The monoisotopic (exact) mass is 344 g/mol. The summed E-state index contributed by atoms with van der Waals surface area (Å²) in [5.74, 6) is -1.48. The molecule has 0 aliphatic rings. The quantitative estimate of drug-likeness (QED) is 0.858. The lowest BCUT2D eigenvalue weighted by molar-refractivity contribution is -0.137. The molecular weight excluding hydrogens is 335 g/mol. The van der Waals surface area contributed by atoms with Crippen molar-refractivity contribution in [1.82, 2.24) is 15.0 Å². The van der Waals surface area contributed by atoms with E-state index in [-0.39, 0.29) is 33.7 Å². The molecule has 10 heteroatoms. The molecule has 2 aromatic rings. The Kier molecular flexibility index (Phi) is 4.84. The van der Waals surface area contributed by atoms with E-state index < -0.39 is 11.9 Å². The van der Waals surface area contributed by atoms with Crippen molar-refractivity contribution in [3.8, 4) is 5.75 Å². The van der Waals surface area contributed by atoms with Crippen molar-refractivity contribution >= 4 is 40.9 Å². The maximum atomic E-state index is 12.3. The summed E-state index contributed by atoms with van der Waals surface area (Å²) in [4.78, 5) is 22.8. The zero-order chi connectivity index (χ0) is 16.3. The number of carbonyl (C=O) groups is 2. The Hall–Kier alpha value is -2.32. The number of carbonyl (C=O) groups excluding carboxylic acids is 1. The number of methoxy groups -OCH3 is 1. The number of carboxylic acids is 1. The lowest BCUT2D eigenvalue weighted by atomic mass is 10.2. The first-order valence-electron chi connectivity index (χ1n) is 5.87. The number of nitrogens with one attached hydrogen (secondary N) is 1. The Bertz CT molecular complexity index is 732. The molecule has 0 radical (unpaired) electrons. The Morgan fingerprint density at radius 3 is 2.68 bits per heavy atom. The highest BCUT2D eigenvalue weighted by molar-refractivity contribution is 6.37. The molecule has 0 spiro atoms. The zero-order valence-corrected chi connectivity index (χ0v) is 12.7. The highest BCUT2D eigenvalue weighted by Crippen LogP contribution is 2.34. The summed E-state index contributed by atoms with van der Waals surface area (Å²) in [6.45, 7) is -0.371. The van der Waals surface area contributed by atoms with Gasteiger partial charge in [-0.3, -0.25) is 9.59 Å². The van der Waals surface area contributed by atoms with Gasteiger partial charge in [-0.1, -0.05) is 28.4 Å². The van der Waals surface area contributed by atoms with Crippen molar-refractivity contribution in [3.63, 3.8) is 0 Å². The normalized spacial score (nSPS) is 10.3. The second-order valence-electron chi connectivity index (χ2n) is 4.09. The lowest BCUT2D eigenvalue weighted by Gasteiger charge is -2.11. The number of rotatable bonds is 5. The van der Waals surface area contributed by atoms with Crippen LogP contribution in [0.2, 0.25) is 10.0 Å². The number of aliphatic carboxylic acids is 1. The fourth-order valence-electron chi connectivity index (χ4n) is 1.69. The third kappa shape index (κ3) is 3.46. The second-order valence-corrected chi connectivity index (χ2v) is 4.90. The molecule has 116 valence electrons. The van der Waals surface area contributed by atoms with Gasteiger partial charge in [0.1, 0.15) is 12.1 Å². The van der Waals surface area contributed by atoms with Gasteiger partial charge in [-0.2, -0.15) is 0 Å². The van der Waals surface area contributed by atoms with Gasteiger partial charge in [0.05, 0.1) is 23.4 Å². The molecule has 1 heterocycles. The molecular formula is C12H10Cl2N4O4. The molecule has 1 aromatic heterocycles. The maximum Gasteiger partial charge on any atom is 0.325 e. The van der Waals surface area contributed by atoms with Crippen LogP contribution in [0.5, 0.6) is 5.75 Å². The molecule has 0 saturated heterocycles. The van der Waals surface area contributed by atoms with Crippen LogP contribution >= 0.6 is 23.2 Å². The van der Waals surface area contributed by atoms with Crippen molar-refractivity contribution in [3.05, 3.63) is 33.9 Å². The van der Waals surface area contributed by atoms with Gasteiger partial charge in [0, 0.05) is 0 Å². The first-order valence-corrected chi connectivity index (χ1v) is 6.63. The van der Waals surface area contributed by atoms with Gasteiger partial charge >= 0.3 is 5.97 Å². The highest BCUT2D eigenvalue weighted by Gasteiger charge is 2.20. The van der Waals surface area contributed by atoms with Crippen LogP contribution in [-0.4, -0.2) is 39.1 Å². The Labute approximate surface area is 134 Å². The molecule has 0 bridgehead atoms. The summed E-state index contributed by atoms with van der Waals surface area (Å²) in [7, 11) is 1.36. The summed E-state index contributed by atoms with van der Waals surface area (Å²) < 4.78 is 6.14. The Morgan fingerprint density at radius 2 is 2.05 bits per heavy atom. The third-order valence-electron chi connectivity index (χ3n) is 2.57. The van der Waals surface area contributed by atoms with Crippen LogP contribution in [0.3, 0.4) is 0 Å². The SMILES string of the molecule is COc1c(Cl)ccc(Cl)c1C(=O)Nc1cn(CC(=O)O)nn1. The number of nitrogens with zero attached hydrogens (tertiary/aromatic N) is 3. The summed E-state index contributed by atoms with van der Waals surface area (Å²) in [5, 5.41) is 18.7. The molecule has 2 N–H and O–H groups in total. The average Bonchev–Trinajstić information content (AvgIpc) is 2.87. The van der Waals surface area contributed by atoms with Crippen LogP contribution in [-0.2, 0) is 11.3 Å². The summed E-state index contributed by atoms with van der Waals surface area (Å²) in [5.41, 5.74) is 0.0458. The molecule has 0 unspecified atom stereocenters. The van der Waals surface area contributed by atoms with E-state index in [0.29, 0.717) is 0 Å². The van der Waals surface area contributed by atoms with Gasteiger partial charge in [-0.25, -0.2) is 4.68 Å². The van der Waals surface area contributed by atoms with Crippen LogP contribution in [0.15, 0.2) is 18.3 Å². The van der Waals surface area contributed by atoms with E-state index >= 15 is 0 Å². The van der Waals surface area contributed by atoms with Gasteiger partial charge < -0.3 is 15.2 Å². The van der Waals surface area contributed by atoms with Crippen molar-refractivity contribution in [1.29, 1.82) is 0 Å². The topological polar surface area (TPSA) is 106 Å². The van der Waals surface area contributed by atoms with Crippen molar-refractivity contribution in [2.45, 2.75) is 6.54 Å². The number of ether oxygens (including phenoxy) is 1. The number of amides is 1. The molecule has 1 aromatic carbocycles. The van der Waals surface area contributed by atoms with E-state index in [1.54, 1.807) is 0 Å². The van der Waals surface area contributed by atoms with Gasteiger partial charge in [0.15, 0.2) is 11.6 Å². The van der Waals surface area contributed by atoms with Crippen molar-refractivity contribution < 1.29 is 19.4 Å². The van der Waals surface area contributed by atoms with E-state index in [2.05, 4.69) is 15.6 Å². The van der Waals surface area contributed by atoms with E-state index in [0.717, 1.165) is 4.68 Å². The summed E-state index contributed by atoms with van der Waals surface area (Å²) >= 11 is 11.9. The Morgan fingerprint density at radius 1 is 1.36 bits per heavy atom. The van der Waals surface area contributed by atoms with E-state index in [1.165, 1.54) is 25.4 Å². The molecule has 0 atom stereocenters. The molecule has 0 fully saturated rings. The minimum atomic E-state index is -1.08. The number of benzene rings is 1. The number of hydrogen-bond donors (Lipinski definition) is 2. The molecule has 1 amide bonds. The van der Waals surface area contributed by atoms with Gasteiger partial charge in [0.25, 0.3) is 5.91 Å². The number of halogens is 2. The van der Waals surface area contributed by atoms with Crippen LogP contribution in [0.1, 0.15) is 10.4 Å². The summed E-state index contributed by atoms with van der Waals surface area (Å²) in [6, 6.07) is 2.96. The fourth-order valence-corrected chi connectivity index (χ4v) is 2.16. The van der Waals surface area contributed by atoms with E-state index in [9.17, 15) is 9.59 Å². The largest absolute Gasteiger partial charge is 0.494 e. The zero-order valence-electron chi connectivity index (χ0n) is 11.2. The third-order valence-corrected chi connectivity index (χ3v) is 3.18. The van der Waals surface area contributed by atoms with Gasteiger partial charge in [0.2, 0.25) is 0 Å². The lowest BCUT2D eigenvalue weighted by Crippen LogP contribution is -2.14. The fraction of sp³-hybridized carbons (Fsp3) is 0.167. The van der Waals surface area contributed by atoms with Crippen LogP contribution in [0.4, 0.5) is 5.82 Å². The highest BCUT2D eigenvalue weighted by atomic mass is 35.5. The summed E-state index contributed by atoms with van der Waals surface area (Å²) in [6.07, 6.45) is 1.27. The number of hydrogen-bond acceptors (Lipinski definition) is 5. The first-order chi connectivity index (χ1) is 10.4. The van der Waals surface area contributed by atoms with Crippen molar-refractivity contribution in [2.75, 3.05) is 12.4 Å². The predicted octanol–water partition coefficient (Wildman–Crippen LogP) is 1.93. The van der Waals surface area contributed by atoms with Crippen LogP contribution < -0.4 is 10.1 Å².